The lowest BCUT2D eigenvalue weighted by molar-refractivity contribution is -0.142. The molecule has 0 aliphatic carbocycles. The molecule has 0 amide bonds. The van der Waals surface area contributed by atoms with Gasteiger partial charge in [-0.1, -0.05) is 0 Å². The van der Waals surface area contributed by atoms with E-state index in [4.69, 9.17) is 9.84 Å². The molecular weight excluding hydrogens is 208 g/mol. The Labute approximate surface area is 95.8 Å². The Hall–Kier alpha value is -0.650. The molecule has 2 heterocycles. The van der Waals surface area contributed by atoms with E-state index < -0.39 is 5.97 Å². The van der Waals surface area contributed by atoms with Crippen molar-refractivity contribution in [2.75, 3.05) is 45.9 Å². The monoisotopic (exact) mass is 228 g/mol. The normalized spacial score (nSPS) is 32.5. The zero-order valence-electron chi connectivity index (χ0n) is 9.52. The van der Waals surface area contributed by atoms with Crippen molar-refractivity contribution in [3.63, 3.8) is 0 Å². The first-order valence-corrected chi connectivity index (χ1v) is 5.99. The molecule has 2 unspecified atom stereocenters. The molecule has 0 saturated carbocycles. The van der Waals surface area contributed by atoms with E-state index in [9.17, 15) is 4.79 Å². The van der Waals surface area contributed by atoms with Gasteiger partial charge in [0.1, 0.15) is 0 Å². The van der Waals surface area contributed by atoms with Crippen LogP contribution in [0, 0.1) is 11.8 Å². The highest BCUT2D eigenvalue weighted by atomic mass is 16.5. The number of nitrogens with zero attached hydrogens (tertiary/aromatic N) is 1. The zero-order valence-corrected chi connectivity index (χ0v) is 9.52. The molecule has 2 rings (SSSR count). The van der Waals surface area contributed by atoms with E-state index in [1.807, 2.05) is 0 Å². The number of hydrogen-bond acceptors (Lipinski definition) is 4. The van der Waals surface area contributed by atoms with Gasteiger partial charge in [-0.2, -0.15) is 0 Å². The van der Waals surface area contributed by atoms with E-state index in [-0.39, 0.29) is 5.92 Å². The summed E-state index contributed by atoms with van der Waals surface area (Å²) in [5, 5.41) is 12.2. The summed E-state index contributed by atoms with van der Waals surface area (Å²) in [6.07, 6.45) is 0.805. The van der Waals surface area contributed by atoms with Crippen LogP contribution in [0.2, 0.25) is 0 Å². The molecule has 92 valence electrons. The van der Waals surface area contributed by atoms with Gasteiger partial charge in [0.15, 0.2) is 0 Å². The van der Waals surface area contributed by atoms with Crippen LogP contribution in [0.5, 0.6) is 0 Å². The van der Waals surface area contributed by atoms with Crippen molar-refractivity contribution in [2.24, 2.45) is 11.8 Å². The molecule has 0 aromatic carbocycles. The first kappa shape index (κ1) is 11.8. The number of morpholine rings is 1. The quantitative estimate of drug-likeness (QED) is 0.690. The topological polar surface area (TPSA) is 61.8 Å². The Morgan fingerprint density at radius 2 is 2.12 bits per heavy atom. The third-order valence-corrected chi connectivity index (χ3v) is 3.41. The van der Waals surface area contributed by atoms with Gasteiger partial charge in [-0.25, -0.2) is 0 Å². The number of carboxylic acid groups (broad SMARTS) is 1. The molecule has 5 heteroatoms. The maximum Gasteiger partial charge on any atom is 0.307 e. The molecule has 5 nitrogen and oxygen atoms in total. The summed E-state index contributed by atoms with van der Waals surface area (Å²) in [5.74, 6) is -0.410. The lowest BCUT2D eigenvalue weighted by Crippen LogP contribution is -2.46. The first-order valence-electron chi connectivity index (χ1n) is 5.99. The average Bonchev–Trinajstić information content (AvgIpc) is 2.30. The maximum atomic E-state index is 10.9. The smallest absolute Gasteiger partial charge is 0.307 e. The second-order valence-electron chi connectivity index (χ2n) is 4.71. The molecule has 0 radical (unpaired) electrons. The number of carbonyl (C=O) groups is 1. The molecule has 2 saturated heterocycles. The molecule has 0 aromatic rings. The van der Waals surface area contributed by atoms with E-state index in [1.54, 1.807) is 0 Å². The van der Waals surface area contributed by atoms with Crippen molar-refractivity contribution in [2.45, 2.75) is 6.42 Å². The number of ether oxygens (including phenoxy) is 1. The average molecular weight is 228 g/mol. The Morgan fingerprint density at radius 3 is 2.81 bits per heavy atom. The predicted molar refractivity (Wildman–Crippen MR) is 59.4 cm³/mol. The fraction of sp³-hybridized carbons (Fsp3) is 0.909. The van der Waals surface area contributed by atoms with Crippen LogP contribution in [-0.4, -0.2) is 61.9 Å². The third kappa shape index (κ3) is 3.17. The number of rotatable bonds is 3. The molecule has 2 N–H and O–H groups in total. The standard InChI is InChI=1S/C11H20N2O3/c14-11(15)10-5-9(6-12-7-10)8-13-1-3-16-4-2-13/h9-10,12H,1-8H2,(H,14,15). The lowest BCUT2D eigenvalue weighted by Gasteiger charge is -2.34. The van der Waals surface area contributed by atoms with E-state index in [0.29, 0.717) is 12.5 Å². The van der Waals surface area contributed by atoms with Crippen molar-refractivity contribution < 1.29 is 14.6 Å². The summed E-state index contributed by atoms with van der Waals surface area (Å²) in [7, 11) is 0. The molecule has 0 aromatic heterocycles. The predicted octanol–water partition coefficient (Wildman–Crippen LogP) is -0.371. The van der Waals surface area contributed by atoms with Crippen molar-refractivity contribution in [1.29, 1.82) is 0 Å². The van der Waals surface area contributed by atoms with Gasteiger partial charge in [-0.05, 0) is 18.9 Å². The minimum atomic E-state index is -0.667. The highest BCUT2D eigenvalue weighted by molar-refractivity contribution is 5.70. The van der Waals surface area contributed by atoms with Gasteiger partial charge >= 0.3 is 5.97 Å². The second-order valence-corrected chi connectivity index (χ2v) is 4.71. The molecule has 2 fully saturated rings. The number of aliphatic carboxylic acids is 1. The van der Waals surface area contributed by atoms with Crippen LogP contribution >= 0.6 is 0 Å². The van der Waals surface area contributed by atoms with Crippen molar-refractivity contribution in [1.82, 2.24) is 10.2 Å². The first-order chi connectivity index (χ1) is 7.75. The fourth-order valence-electron chi connectivity index (χ4n) is 2.51. The minimum absolute atomic E-state index is 0.209. The Kier molecular flexibility index (Phi) is 4.15. The van der Waals surface area contributed by atoms with Crippen molar-refractivity contribution in [3.05, 3.63) is 0 Å². The third-order valence-electron chi connectivity index (χ3n) is 3.41. The van der Waals surface area contributed by atoms with Gasteiger partial charge in [0, 0.05) is 26.2 Å². The van der Waals surface area contributed by atoms with Crippen LogP contribution in [0.4, 0.5) is 0 Å². The van der Waals surface area contributed by atoms with Crippen molar-refractivity contribution >= 4 is 5.97 Å². The van der Waals surface area contributed by atoms with Crippen molar-refractivity contribution in [3.8, 4) is 0 Å². The van der Waals surface area contributed by atoms with E-state index in [0.717, 1.165) is 45.8 Å². The summed E-state index contributed by atoms with van der Waals surface area (Å²) >= 11 is 0. The van der Waals surface area contributed by atoms with E-state index in [1.165, 1.54) is 0 Å². The van der Waals surface area contributed by atoms with Gasteiger partial charge < -0.3 is 15.2 Å². The molecule has 0 spiro atoms. The highest BCUT2D eigenvalue weighted by Crippen LogP contribution is 2.18. The molecule has 2 aliphatic rings. The van der Waals surface area contributed by atoms with Gasteiger partial charge in [-0.3, -0.25) is 9.69 Å². The minimum Gasteiger partial charge on any atom is -0.481 e. The van der Waals surface area contributed by atoms with Gasteiger partial charge in [0.25, 0.3) is 0 Å². The Balaban J connectivity index is 1.78. The molecule has 0 bridgehead atoms. The summed E-state index contributed by atoms with van der Waals surface area (Å²) in [6, 6.07) is 0. The van der Waals surface area contributed by atoms with Crippen LogP contribution in [0.15, 0.2) is 0 Å². The van der Waals surface area contributed by atoms with E-state index >= 15 is 0 Å². The summed E-state index contributed by atoms with van der Waals surface area (Å²) < 4.78 is 5.30. The van der Waals surface area contributed by atoms with Crippen LogP contribution in [0.3, 0.4) is 0 Å². The summed E-state index contributed by atoms with van der Waals surface area (Å²) in [6.45, 7) is 6.14. The lowest BCUT2D eigenvalue weighted by atomic mass is 9.90. The molecule has 2 atom stereocenters. The molecule has 16 heavy (non-hydrogen) atoms. The van der Waals surface area contributed by atoms with Crippen LogP contribution < -0.4 is 5.32 Å². The zero-order chi connectivity index (χ0) is 11.4. The Bertz CT molecular complexity index is 241. The number of carboxylic acids is 1. The fourth-order valence-corrected chi connectivity index (χ4v) is 2.51. The summed E-state index contributed by atoms with van der Waals surface area (Å²) in [5.41, 5.74) is 0. The van der Waals surface area contributed by atoms with E-state index in [2.05, 4.69) is 10.2 Å². The Morgan fingerprint density at radius 1 is 1.38 bits per heavy atom. The molecule has 2 aliphatic heterocycles. The largest absolute Gasteiger partial charge is 0.481 e. The van der Waals surface area contributed by atoms with Gasteiger partial charge in [-0.15, -0.1) is 0 Å². The van der Waals surface area contributed by atoms with Crippen LogP contribution in [-0.2, 0) is 9.53 Å². The van der Waals surface area contributed by atoms with Gasteiger partial charge in [0.2, 0.25) is 0 Å². The number of hydrogen-bond donors (Lipinski definition) is 2. The van der Waals surface area contributed by atoms with Crippen LogP contribution in [0.25, 0.3) is 0 Å². The summed E-state index contributed by atoms with van der Waals surface area (Å²) in [4.78, 5) is 13.3. The van der Waals surface area contributed by atoms with Gasteiger partial charge in [0.05, 0.1) is 19.1 Å². The SMILES string of the molecule is O=C(O)C1CNCC(CN2CCOCC2)C1. The number of piperidine rings is 1. The number of nitrogens with one attached hydrogen (secondary N) is 1. The van der Waals surface area contributed by atoms with Crippen LogP contribution in [0.1, 0.15) is 6.42 Å². The molecular formula is C11H20N2O3. The maximum absolute atomic E-state index is 10.9. The highest BCUT2D eigenvalue weighted by Gasteiger charge is 2.28. The second kappa shape index (κ2) is 5.61.